The van der Waals surface area contributed by atoms with Crippen molar-refractivity contribution in [3.8, 4) is 102 Å². The van der Waals surface area contributed by atoms with Crippen LogP contribution >= 0.6 is 139 Å². The smallest absolute Gasteiger partial charge is 0.166 e. The number of rotatable bonds is 16. The third-order valence-corrected chi connectivity index (χ3v) is 19.9. The number of fused-ring (bicyclic) bond motifs is 20. The zero-order chi connectivity index (χ0) is 62.8. The molecule has 0 amide bonds. The Morgan fingerprint density at radius 2 is 0.622 bits per heavy atom. The monoisotopic (exact) mass is 1430 g/mol. The fourth-order valence-corrected chi connectivity index (χ4v) is 14.3. The molecule has 0 unspecified atom stereocenters. The second-order valence-electron chi connectivity index (χ2n) is 20.7. The summed E-state index contributed by atoms with van der Waals surface area (Å²) >= 11 is 89.1. The predicted molar refractivity (Wildman–Crippen MR) is 370 cm³/mol. The second kappa shape index (κ2) is 26.1. The minimum atomic E-state index is -0.0792. The Morgan fingerprint density at radius 3 is 1.04 bits per heavy atom. The van der Waals surface area contributed by atoms with Gasteiger partial charge in [-0.2, -0.15) is 0 Å². The maximum Gasteiger partial charge on any atom is 0.166 e. The first-order chi connectivity index (χ1) is 43.6. The van der Waals surface area contributed by atoms with Gasteiger partial charge in [-0.1, -0.05) is 276 Å². The molecule has 12 nitrogen and oxygen atoms in total. The molecule has 90 heavy (non-hydrogen) atoms. The van der Waals surface area contributed by atoms with E-state index in [0.29, 0.717) is 24.3 Å². The van der Waals surface area contributed by atoms with Crippen molar-refractivity contribution in [2.75, 3.05) is 13.2 Å². The summed E-state index contributed by atoms with van der Waals surface area (Å²) in [7, 11) is 0. The van der Waals surface area contributed by atoms with Crippen molar-refractivity contribution in [3.05, 3.63) is 169 Å². The number of benzene rings is 8. The number of unbranched alkanes of at least 4 members (excludes halogenated alkanes) is 4. The van der Waals surface area contributed by atoms with E-state index in [9.17, 15) is 0 Å². The minimum absolute atomic E-state index is 0.00111. The van der Waals surface area contributed by atoms with Crippen LogP contribution in [-0.4, -0.2) is 53.1 Å². The Morgan fingerprint density at radius 1 is 0.311 bits per heavy atom. The summed E-state index contributed by atoms with van der Waals surface area (Å²) in [6, 6.07) is 34.1. The first kappa shape index (κ1) is 62.6. The Balaban J connectivity index is 1.16. The average Bonchev–Trinajstić information content (AvgIpc) is 1.59. The Labute approximate surface area is 574 Å². The number of ether oxygens (including phenoxy) is 4. The average molecular weight is 1440 g/mol. The summed E-state index contributed by atoms with van der Waals surface area (Å²) < 4.78 is 26.1. The van der Waals surface area contributed by atoms with E-state index in [1.165, 1.54) is 0 Å². The Hall–Kier alpha value is -6.20. The van der Waals surface area contributed by atoms with Crippen LogP contribution in [0.1, 0.15) is 52.4 Å². The highest BCUT2D eigenvalue weighted by molar-refractivity contribution is 6.53. The quantitative estimate of drug-likeness (QED) is 0.0708. The lowest BCUT2D eigenvalue weighted by molar-refractivity contribution is 0.307. The second-order valence-corrected chi connectivity index (χ2v) is 25.3. The van der Waals surface area contributed by atoms with Crippen molar-refractivity contribution in [1.82, 2.24) is 39.9 Å². The van der Waals surface area contributed by atoms with Gasteiger partial charge in [0.1, 0.15) is 54.2 Å². The lowest BCUT2D eigenvalue weighted by Gasteiger charge is -2.17. The topological polar surface area (TPSA) is 146 Å². The van der Waals surface area contributed by atoms with E-state index in [1.807, 2.05) is 97.1 Å². The van der Waals surface area contributed by atoms with Gasteiger partial charge in [-0.05, 0) is 36.1 Å². The molecule has 0 spiro atoms. The molecule has 454 valence electrons. The zero-order valence-corrected chi connectivity index (χ0v) is 56.0. The number of H-pyrrole nitrogens is 2. The number of nitrogens with zero attached hydrogens (tertiary/aromatic N) is 6. The van der Waals surface area contributed by atoms with Gasteiger partial charge in [-0.25, -0.2) is 29.9 Å². The van der Waals surface area contributed by atoms with Crippen LogP contribution in [-0.2, 0) is 0 Å². The summed E-state index contributed by atoms with van der Waals surface area (Å²) in [6.07, 6.45) is 5.01. The Bertz CT molecular complexity index is 4940. The zero-order valence-electron chi connectivity index (χ0n) is 46.9. The molecular weight excluding hydrogens is 1390 g/mol. The summed E-state index contributed by atoms with van der Waals surface area (Å²) in [4.78, 5) is 37.6. The van der Waals surface area contributed by atoms with Crippen molar-refractivity contribution in [2.45, 2.75) is 52.4 Å². The molecule has 8 aromatic carbocycles. The van der Waals surface area contributed by atoms with Gasteiger partial charge in [0, 0.05) is 11.1 Å². The minimum Gasteiger partial charge on any atom is -0.490 e. The van der Waals surface area contributed by atoms with Crippen LogP contribution in [0.15, 0.2) is 109 Å². The normalized spacial score (nSPS) is 11.8. The van der Waals surface area contributed by atoms with Gasteiger partial charge < -0.3 is 28.9 Å². The number of hydrogen-bond acceptors (Lipinski definition) is 10. The molecule has 3 aromatic heterocycles. The molecule has 2 N–H and O–H groups in total. The van der Waals surface area contributed by atoms with Gasteiger partial charge >= 0.3 is 0 Å². The van der Waals surface area contributed by atoms with E-state index in [1.54, 1.807) is 12.1 Å². The van der Waals surface area contributed by atoms with Crippen LogP contribution in [0.4, 0.5) is 0 Å². The molecule has 13 rings (SSSR count). The molecule has 24 heteroatoms. The van der Waals surface area contributed by atoms with Crippen molar-refractivity contribution in [3.63, 3.8) is 0 Å². The summed E-state index contributed by atoms with van der Waals surface area (Å²) in [5.74, 6) is 0.734. The molecule has 11 aromatic rings. The van der Waals surface area contributed by atoms with Gasteiger partial charge in [-0.15, -0.1) is 0 Å². The number of hydrogen-bond donors (Lipinski definition) is 2. The standard InChI is InChI=1S/C66H42Cl12N8O4/c1-3-5-17-27-87-55-47(71)39-35(43(67)51(55)75)59-79-63-40-36(44(68)52(76)56(48(40)72)88-28-18-6-4-2)60(81-63)83-65-42-38(46(70)54(78)58(50(42)74)90-34-26-16-14-24-32(34)30-21-11-8-12-22-30)62(85-65)86-66-41-37(61(84-66)82-64(39)80-59)45(69)53(77)57(49(41)73)89-33-25-15-13-23-31(33)29-19-9-7-10-20-29/h7-16,19-26H,3-6,17-18,27-28H2,1-2H3,(H2,79,80,81,82,83,84,85,86). The van der Waals surface area contributed by atoms with Gasteiger partial charge in [0.25, 0.3) is 0 Å². The lowest BCUT2D eigenvalue weighted by Crippen LogP contribution is -2.00. The fraction of sp³-hybridized carbons (Fsp3) is 0.152. The highest BCUT2D eigenvalue weighted by atomic mass is 35.5. The fourth-order valence-electron chi connectivity index (χ4n) is 10.8. The van der Waals surface area contributed by atoms with Crippen molar-refractivity contribution in [1.29, 1.82) is 0 Å². The maximum absolute atomic E-state index is 7.66. The molecular formula is C66H42Cl12N8O4. The van der Waals surface area contributed by atoms with Gasteiger partial charge in [-0.3, -0.25) is 0 Å². The van der Waals surface area contributed by atoms with Crippen LogP contribution in [0, 0.1) is 0 Å². The highest BCUT2D eigenvalue weighted by Gasteiger charge is 2.36. The van der Waals surface area contributed by atoms with Gasteiger partial charge in [0.05, 0.1) is 97.2 Å². The van der Waals surface area contributed by atoms with Crippen molar-refractivity contribution < 1.29 is 18.9 Å². The Kier molecular flexibility index (Phi) is 18.1. The van der Waals surface area contributed by atoms with E-state index in [-0.39, 0.29) is 186 Å². The predicted octanol–water partition coefficient (Wildman–Crippen LogP) is 24.8. The first-order valence-corrected chi connectivity index (χ1v) is 32.7. The number of aromatic nitrogens is 8. The molecule has 0 radical (unpaired) electrons. The summed E-state index contributed by atoms with van der Waals surface area (Å²) in [5.41, 5.74) is 3.94. The molecule has 0 fully saturated rings. The third-order valence-electron chi connectivity index (χ3n) is 15.1. The molecule has 0 aliphatic carbocycles. The number of para-hydroxylation sites is 2. The van der Waals surface area contributed by atoms with E-state index in [0.717, 1.165) is 47.9 Å². The number of aromatic amines is 2. The molecule has 5 heterocycles. The lowest BCUT2D eigenvalue weighted by atomic mass is 10.0. The summed E-state index contributed by atoms with van der Waals surface area (Å²) in [5, 5.41) is 0.411. The molecule has 0 saturated carbocycles. The van der Waals surface area contributed by atoms with Crippen LogP contribution in [0.25, 0.3) is 112 Å². The molecule has 2 aliphatic heterocycles. The van der Waals surface area contributed by atoms with Crippen LogP contribution in [0.3, 0.4) is 0 Å². The van der Waals surface area contributed by atoms with E-state index >= 15 is 0 Å². The molecule has 2 aliphatic rings. The maximum atomic E-state index is 7.66. The van der Waals surface area contributed by atoms with E-state index < -0.39 is 0 Å². The highest BCUT2D eigenvalue weighted by Crippen LogP contribution is 2.58. The largest absolute Gasteiger partial charge is 0.490 e. The van der Waals surface area contributed by atoms with Gasteiger partial charge in [0.2, 0.25) is 0 Å². The SMILES string of the molecule is CCCCCOc1c(Cl)c(Cl)c2c(c1Cl)-c1nc-2nc2[nH]c(nc3nc(nc4[nH]c(n1)c1c(Cl)c(Cl)c(OCCCCC)c(Cl)c41)-c1c(Cl)c(Cl)c(Oc4ccccc4-c4ccccc4)c(Cl)c1-3)c1c(Cl)c(Cl)c(Oc3ccccc3-c3ccccc3)c(Cl)c21. The van der Waals surface area contributed by atoms with Crippen molar-refractivity contribution in [2.24, 2.45) is 0 Å². The molecule has 0 saturated heterocycles. The molecule has 8 bridgehead atoms. The molecule has 0 atom stereocenters. The van der Waals surface area contributed by atoms with Crippen LogP contribution in [0.5, 0.6) is 34.5 Å². The third kappa shape index (κ3) is 11.1. The van der Waals surface area contributed by atoms with E-state index in [4.69, 9.17) is 188 Å². The van der Waals surface area contributed by atoms with Crippen LogP contribution < -0.4 is 18.9 Å². The van der Waals surface area contributed by atoms with E-state index in [2.05, 4.69) is 23.8 Å². The van der Waals surface area contributed by atoms with Gasteiger partial charge in [0.15, 0.2) is 46.3 Å². The summed E-state index contributed by atoms with van der Waals surface area (Å²) in [6.45, 7) is 4.68. The van der Waals surface area contributed by atoms with Crippen molar-refractivity contribution >= 4 is 183 Å². The first-order valence-electron chi connectivity index (χ1n) is 28.1. The number of nitrogens with one attached hydrogen (secondary N) is 2. The number of halogens is 12. The van der Waals surface area contributed by atoms with Crippen LogP contribution in [0.2, 0.25) is 60.3 Å².